The summed E-state index contributed by atoms with van der Waals surface area (Å²) in [5.74, 6) is -4.04. The third-order valence-electron chi connectivity index (χ3n) is 5.38. The molecule has 2 aromatic carbocycles. The van der Waals surface area contributed by atoms with Gasteiger partial charge in [0.25, 0.3) is 0 Å². The van der Waals surface area contributed by atoms with Crippen molar-refractivity contribution in [1.82, 2.24) is 5.32 Å². The summed E-state index contributed by atoms with van der Waals surface area (Å²) in [5.41, 5.74) is -0.761. The lowest BCUT2D eigenvalue weighted by molar-refractivity contribution is -0.168. The van der Waals surface area contributed by atoms with Crippen LogP contribution in [0.4, 0.5) is 0 Å². The zero-order valence-electron chi connectivity index (χ0n) is 20.3. The van der Waals surface area contributed by atoms with E-state index in [9.17, 15) is 24.0 Å². The predicted molar refractivity (Wildman–Crippen MR) is 125 cm³/mol. The van der Waals surface area contributed by atoms with Crippen LogP contribution in [0.25, 0.3) is 0 Å². The Kier molecular flexibility index (Phi) is 8.42. The Morgan fingerprint density at radius 3 is 2.22 bits per heavy atom. The van der Waals surface area contributed by atoms with Crippen LogP contribution in [0.1, 0.15) is 47.8 Å². The van der Waals surface area contributed by atoms with Crippen LogP contribution in [-0.2, 0) is 52.8 Å². The number of fused-ring (bicyclic) bond motifs is 1. The number of ether oxygens (including phenoxy) is 4. The first-order valence-corrected chi connectivity index (χ1v) is 11.4. The summed E-state index contributed by atoms with van der Waals surface area (Å²) >= 11 is 0. The molecule has 0 spiro atoms. The van der Waals surface area contributed by atoms with Crippen molar-refractivity contribution in [2.45, 2.75) is 45.8 Å². The number of carbonyl (C=O) groups excluding carboxylic acids is 5. The van der Waals surface area contributed by atoms with Gasteiger partial charge in [-0.3, -0.25) is 9.59 Å². The zero-order chi connectivity index (χ0) is 26.3. The minimum Gasteiger partial charge on any atom is -0.464 e. The molecule has 2 aromatic rings. The molecule has 1 N–H and O–H groups in total. The summed E-state index contributed by atoms with van der Waals surface area (Å²) in [6, 6.07) is 11.6. The van der Waals surface area contributed by atoms with Gasteiger partial charge < -0.3 is 24.3 Å². The van der Waals surface area contributed by atoms with Crippen molar-refractivity contribution < 1.29 is 42.9 Å². The fraction of sp³-hybridized carbons (Fsp3) is 0.346. The molecule has 1 amide bonds. The normalized spacial score (nSPS) is 12.2. The smallest absolute Gasteiger partial charge is 0.344 e. The maximum atomic E-state index is 13.3. The van der Waals surface area contributed by atoms with E-state index in [1.165, 1.54) is 19.1 Å². The van der Waals surface area contributed by atoms with Gasteiger partial charge in [0.1, 0.15) is 12.4 Å². The van der Waals surface area contributed by atoms with Crippen molar-refractivity contribution in [2.24, 2.45) is 0 Å². The van der Waals surface area contributed by atoms with E-state index in [1.54, 1.807) is 44.2 Å². The number of amides is 1. The fourth-order valence-corrected chi connectivity index (χ4v) is 3.83. The van der Waals surface area contributed by atoms with Gasteiger partial charge in [-0.15, -0.1) is 0 Å². The summed E-state index contributed by atoms with van der Waals surface area (Å²) in [6.45, 7) is 4.11. The predicted octanol–water partition coefficient (Wildman–Crippen LogP) is 2.05. The highest BCUT2D eigenvalue weighted by molar-refractivity contribution is 6.08. The van der Waals surface area contributed by atoms with Crippen molar-refractivity contribution in [3.8, 4) is 5.75 Å². The summed E-state index contributed by atoms with van der Waals surface area (Å²) in [7, 11) is 0. The number of carbonyl (C=O) groups is 5. The first-order chi connectivity index (χ1) is 17.2. The summed E-state index contributed by atoms with van der Waals surface area (Å²) in [4.78, 5) is 63.4. The van der Waals surface area contributed by atoms with E-state index in [4.69, 9.17) is 18.9 Å². The number of nitrogens with one attached hydrogen (secondary N) is 1. The molecule has 0 unspecified atom stereocenters. The molecule has 0 fully saturated rings. The standard InChI is InChI=1S/C26H27NO9/c1-4-33-24(31)26(25(32)34-5-2,27-22(29)11-17-9-7-6-8-10-17)14-18-12-19-15-35-23(30)20(19)13-21(18)36-16(3)28/h6-10,12-13H,4-5,11,14-15H2,1-3H3,(H,27,29). The number of benzene rings is 2. The molecule has 36 heavy (non-hydrogen) atoms. The lowest BCUT2D eigenvalue weighted by atomic mass is 9.88. The molecule has 3 rings (SSSR count). The minimum atomic E-state index is -2.29. The van der Waals surface area contributed by atoms with Crippen LogP contribution in [0.3, 0.4) is 0 Å². The van der Waals surface area contributed by atoms with Gasteiger partial charge in [0.2, 0.25) is 11.4 Å². The Bertz CT molecular complexity index is 1160. The highest BCUT2D eigenvalue weighted by Crippen LogP contribution is 2.32. The summed E-state index contributed by atoms with van der Waals surface area (Å²) in [6.07, 6.45) is -0.583. The van der Waals surface area contributed by atoms with Crippen LogP contribution in [0.5, 0.6) is 5.75 Å². The highest BCUT2D eigenvalue weighted by Gasteiger charge is 2.51. The molecule has 1 aliphatic rings. The number of esters is 4. The van der Waals surface area contributed by atoms with Crippen LogP contribution < -0.4 is 10.1 Å². The topological polar surface area (TPSA) is 134 Å². The number of hydrogen-bond donors (Lipinski definition) is 1. The van der Waals surface area contributed by atoms with E-state index in [-0.39, 0.29) is 43.1 Å². The number of cyclic esters (lactones) is 1. The second-order valence-corrected chi connectivity index (χ2v) is 8.02. The molecule has 190 valence electrons. The van der Waals surface area contributed by atoms with Crippen LogP contribution in [0, 0.1) is 0 Å². The molecule has 0 aromatic heterocycles. The van der Waals surface area contributed by atoms with Gasteiger partial charge in [-0.05, 0) is 37.1 Å². The second kappa shape index (κ2) is 11.5. The van der Waals surface area contributed by atoms with Gasteiger partial charge in [0.05, 0.1) is 25.2 Å². The lowest BCUT2D eigenvalue weighted by Crippen LogP contribution is -2.63. The van der Waals surface area contributed by atoms with Gasteiger partial charge >= 0.3 is 23.9 Å². The van der Waals surface area contributed by atoms with E-state index >= 15 is 0 Å². The molecule has 0 atom stereocenters. The molecule has 0 radical (unpaired) electrons. The largest absolute Gasteiger partial charge is 0.464 e. The van der Waals surface area contributed by atoms with Crippen molar-refractivity contribution in [3.05, 3.63) is 64.7 Å². The Morgan fingerprint density at radius 1 is 1.00 bits per heavy atom. The monoisotopic (exact) mass is 497 g/mol. The molecule has 0 bridgehead atoms. The molecule has 10 nitrogen and oxygen atoms in total. The molecule has 10 heteroatoms. The van der Waals surface area contributed by atoms with Crippen LogP contribution in [0.15, 0.2) is 42.5 Å². The van der Waals surface area contributed by atoms with Gasteiger partial charge in [-0.1, -0.05) is 30.3 Å². The third-order valence-corrected chi connectivity index (χ3v) is 5.38. The average Bonchev–Trinajstić information content (AvgIpc) is 3.18. The van der Waals surface area contributed by atoms with E-state index in [0.717, 1.165) is 0 Å². The third kappa shape index (κ3) is 5.88. The molecule has 0 saturated heterocycles. The maximum Gasteiger partial charge on any atom is 0.344 e. The van der Waals surface area contributed by atoms with E-state index in [1.807, 2.05) is 0 Å². The molecule has 0 aliphatic carbocycles. The Balaban J connectivity index is 2.09. The van der Waals surface area contributed by atoms with Gasteiger partial charge in [-0.25, -0.2) is 14.4 Å². The molecular formula is C26H27NO9. The quantitative estimate of drug-likeness (QED) is 0.226. The van der Waals surface area contributed by atoms with Crippen molar-refractivity contribution >= 4 is 29.8 Å². The molecule has 0 saturated carbocycles. The Morgan fingerprint density at radius 2 is 1.64 bits per heavy atom. The Labute approximate surface area is 207 Å². The van der Waals surface area contributed by atoms with Gasteiger partial charge in [-0.2, -0.15) is 0 Å². The van der Waals surface area contributed by atoms with Crippen LogP contribution >= 0.6 is 0 Å². The SMILES string of the molecule is CCOC(=O)C(Cc1cc2c(cc1OC(C)=O)C(=O)OC2)(NC(=O)Cc1ccccc1)C(=O)OCC. The van der Waals surface area contributed by atoms with Crippen LogP contribution in [-0.4, -0.2) is 48.5 Å². The first-order valence-electron chi connectivity index (χ1n) is 11.4. The zero-order valence-corrected chi connectivity index (χ0v) is 20.3. The summed E-state index contributed by atoms with van der Waals surface area (Å²) in [5, 5.41) is 2.53. The van der Waals surface area contributed by atoms with Gasteiger partial charge in [0.15, 0.2) is 0 Å². The van der Waals surface area contributed by atoms with E-state index in [0.29, 0.717) is 11.1 Å². The minimum absolute atomic E-state index is 0.0340. The van der Waals surface area contributed by atoms with Crippen molar-refractivity contribution in [2.75, 3.05) is 13.2 Å². The van der Waals surface area contributed by atoms with Crippen molar-refractivity contribution in [1.29, 1.82) is 0 Å². The number of hydrogen-bond acceptors (Lipinski definition) is 9. The molecular weight excluding hydrogens is 470 g/mol. The van der Waals surface area contributed by atoms with Gasteiger partial charge in [0, 0.05) is 18.9 Å². The molecule has 1 heterocycles. The highest BCUT2D eigenvalue weighted by atomic mass is 16.6. The fourth-order valence-electron chi connectivity index (χ4n) is 3.83. The number of rotatable bonds is 10. The molecule has 1 aliphatic heterocycles. The van der Waals surface area contributed by atoms with Crippen LogP contribution in [0.2, 0.25) is 0 Å². The second-order valence-electron chi connectivity index (χ2n) is 8.02. The maximum absolute atomic E-state index is 13.3. The Hall–Kier alpha value is -4.21. The van der Waals surface area contributed by atoms with E-state index in [2.05, 4.69) is 5.32 Å². The first kappa shape index (κ1) is 26.4. The van der Waals surface area contributed by atoms with E-state index < -0.39 is 41.7 Å². The average molecular weight is 498 g/mol. The lowest BCUT2D eigenvalue weighted by Gasteiger charge is -2.31. The summed E-state index contributed by atoms with van der Waals surface area (Å²) < 4.78 is 20.7. The van der Waals surface area contributed by atoms with Crippen molar-refractivity contribution in [3.63, 3.8) is 0 Å².